The Bertz CT molecular complexity index is 989. The van der Waals surface area contributed by atoms with E-state index in [4.69, 9.17) is 21.1 Å². The number of piperazine rings is 1. The highest BCUT2D eigenvalue weighted by atomic mass is 35.5. The fourth-order valence-electron chi connectivity index (χ4n) is 4.58. The van der Waals surface area contributed by atoms with Crippen LogP contribution in [0.4, 0.5) is 5.69 Å². The van der Waals surface area contributed by atoms with Gasteiger partial charge in [-0.2, -0.15) is 0 Å². The van der Waals surface area contributed by atoms with Gasteiger partial charge in [-0.1, -0.05) is 71.3 Å². The topological polar surface area (TPSA) is 45.2 Å². The number of anilines is 1. The Morgan fingerprint density at radius 2 is 1.61 bits per heavy atom. The Hall–Kier alpha value is -1.79. The molecule has 36 heavy (non-hydrogen) atoms. The van der Waals surface area contributed by atoms with Gasteiger partial charge in [0.1, 0.15) is 12.4 Å². The molecule has 200 valence electrons. The van der Waals surface area contributed by atoms with E-state index < -0.39 is 6.10 Å². The van der Waals surface area contributed by atoms with Gasteiger partial charge in [-0.15, -0.1) is 0 Å². The molecule has 2 aromatic rings. The third kappa shape index (κ3) is 8.11. The number of aryl methyl sites for hydroxylation is 1. The summed E-state index contributed by atoms with van der Waals surface area (Å²) in [6.45, 7) is 21.0. The van der Waals surface area contributed by atoms with Gasteiger partial charge in [0.2, 0.25) is 0 Å². The van der Waals surface area contributed by atoms with Gasteiger partial charge in [0.15, 0.2) is 0 Å². The van der Waals surface area contributed by atoms with E-state index in [1.165, 1.54) is 22.4 Å². The Morgan fingerprint density at radius 1 is 0.917 bits per heavy atom. The van der Waals surface area contributed by atoms with Gasteiger partial charge < -0.3 is 19.5 Å². The first-order chi connectivity index (χ1) is 16.8. The molecule has 0 saturated carbocycles. The van der Waals surface area contributed by atoms with Crippen molar-refractivity contribution in [2.24, 2.45) is 0 Å². The number of halogens is 1. The second-order valence-corrected chi connectivity index (χ2v) is 12.4. The van der Waals surface area contributed by atoms with Crippen molar-refractivity contribution in [3.05, 3.63) is 58.1 Å². The lowest BCUT2D eigenvalue weighted by Gasteiger charge is -2.37. The van der Waals surface area contributed by atoms with Gasteiger partial charge in [-0.3, -0.25) is 4.90 Å². The molecule has 0 spiro atoms. The number of benzene rings is 2. The van der Waals surface area contributed by atoms with Crippen molar-refractivity contribution in [3.63, 3.8) is 0 Å². The minimum absolute atomic E-state index is 0.0108. The maximum atomic E-state index is 10.5. The highest BCUT2D eigenvalue weighted by molar-refractivity contribution is 6.30. The van der Waals surface area contributed by atoms with Crippen molar-refractivity contribution < 1.29 is 14.6 Å². The molecular weight excluding hydrogens is 472 g/mol. The SMILES string of the molecule is Cc1ccc(Cl)cc1N1CCN(CC(O)COCCOc2ccc(C(C)(C)C)cc2C(C)(C)C)CC1. The summed E-state index contributed by atoms with van der Waals surface area (Å²) in [5.74, 6) is 0.910. The summed E-state index contributed by atoms with van der Waals surface area (Å²) in [4.78, 5) is 4.67. The van der Waals surface area contributed by atoms with Gasteiger partial charge in [-0.05, 0) is 52.6 Å². The number of nitrogens with zero attached hydrogens (tertiary/aromatic N) is 2. The first-order valence-electron chi connectivity index (χ1n) is 13.1. The van der Waals surface area contributed by atoms with Crippen LogP contribution in [0.1, 0.15) is 58.2 Å². The molecule has 1 fully saturated rings. The second-order valence-electron chi connectivity index (χ2n) is 12.0. The van der Waals surface area contributed by atoms with Crippen molar-refractivity contribution in [1.29, 1.82) is 0 Å². The molecule has 0 radical (unpaired) electrons. The van der Waals surface area contributed by atoms with E-state index in [-0.39, 0.29) is 10.8 Å². The van der Waals surface area contributed by atoms with Crippen LogP contribution in [-0.2, 0) is 15.6 Å². The second kappa shape index (κ2) is 12.2. The van der Waals surface area contributed by atoms with Gasteiger partial charge in [0.05, 0.1) is 19.3 Å². The number of hydrogen-bond acceptors (Lipinski definition) is 5. The van der Waals surface area contributed by atoms with E-state index in [0.29, 0.717) is 26.4 Å². The molecule has 6 heteroatoms. The average Bonchev–Trinajstić information content (AvgIpc) is 2.80. The van der Waals surface area contributed by atoms with Crippen LogP contribution in [0.3, 0.4) is 0 Å². The first-order valence-corrected chi connectivity index (χ1v) is 13.5. The van der Waals surface area contributed by atoms with Crippen LogP contribution in [-0.4, -0.2) is 68.7 Å². The van der Waals surface area contributed by atoms with Crippen LogP contribution in [0.5, 0.6) is 5.75 Å². The fraction of sp³-hybridized carbons (Fsp3) is 0.600. The number of hydrogen-bond donors (Lipinski definition) is 1. The van der Waals surface area contributed by atoms with Gasteiger partial charge in [-0.25, -0.2) is 0 Å². The normalized spacial score (nSPS) is 16.3. The summed E-state index contributed by atoms with van der Waals surface area (Å²) in [5, 5.41) is 11.3. The zero-order valence-electron chi connectivity index (χ0n) is 23.2. The maximum absolute atomic E-state index is 10.5. The van der Waals surface area contributed by atoms with Crippen molar-refractivity contribution in [2.75, 3.05) is 57.4 Å². The third-order valence-electron chi connectivity index (χ3n) is 6.80. The fourth-order valence-corrected chi connectivity index (χ4v) is 4.75. The third-order valence-corrected chi connectivity index (χ3v) is 7.04. The lowest BCUT2D eigenvalue weighted by Crippen LogP contribution is -2.49. The summed E-state index contributed by atoms with van der Waals surface area (Å²) in [5.41, 5.74) is 5.05. The number of β-amino-alcohol motifs (C(OH)–C–C–N with tert-alkyl or cyclic N) is 1. The molecule has 2 aromatic carbocycles. The Balaban J connectivity index is 1.40. The summed E-state index contributed by atoms with van der Waals surface area (Å²) in [7, 11) is 0. The smallest absolute Gasteiger partial charge is 0.123 e. The molecule has 3 rings (SSSR count). The summed E-state index contributed by atoms with van der Waals surface area (Å²) >= 11 is 6.20. The van der Waals surface area contributed by atoms with Gasteiger partial charge in [0, 0.05) is 43.4 Å². The molecule has 1 atom stereocenters. The molecule has 1 N–H and O–H groups in total. The molecule has 0 aliphatic carbocycles. The van der Waals surface area contributed by atoms with Crippen molar-refractivity contribution in [3.8, 4) is 5.75 Å². The standard InChI is InChI=1S/C30H45ClN2O3/c1-22-8-10-24(31)19-27(22)33-14-12-32(13-15-33)20-25(34)21-35-16-17-36-28-11-9-23(29(2,3)4)18-26(28)30(5,6)7/h8-11,18-19,25,34H,12-17,20-21H2,1-7H3. The van der Waals surface area contributed by atoms with Gasteiger partial charge in [0.25, 0.3) is 0 Å². The van der Waals surface area contributed by atoms with Gasteiger partial charge >= 0.3 is 0 Å². The van der Waals surface area contributed by atoms with Crippen molar-refractivity contribution in [2.45, 2.75) is 65.4 Å². The summed E-state index contributed by atoms with van der Waals surface area (Å²) < 4.78 is 11.9. The summed E-state index contributed by atoms with van der Waals surface area (Å²) in [6, 6.07) is 12.6. The number of rotatable bonds is 9. The maximum Gasteiger partial charge on any atom is 0.123 e. The molecule has 0 bridgehead atoms. The molecule has 1 saturated heterocycles. The largest absolute Gasteiger partial charge is 0.491 e. The number of aliphatic hydroxyl groups excluding tert-OH is 1. The zero-order chi connectivity index (χ0) is 26.5. The van der Waals surface area contributed by atoms with E-state index in [0.717, 1.165) is 37.0 Å². The quantitative estimate of drug-likeness (QED) is 0.425. The number of aliphatic hydroxyl groups is 1. The van der Waals surface area contributed by atoms with Crippen LogP contribution in [0, 0.1) is 6.92 Å². The molecule has 0 aromatic heterocycles. The monoisotopic (exact) mass is 516 g/mol. The Kier molecular flexibility index (Phi) is 9.73. The number of ether oxygens (including phenoxy) is 2. The van der Waals surface area contributed by atoms with Crippen LogP contribution in [0.2, 0.25) is 5.02 Å². The average molecular weight is 517 g/mol. The summed E-state index contributed by atoms with van der Waals surface area (Å²) in [6.07, 6.45) is -0.513. The lowest BCUT2D eigenvalue weighted by atomic mass is 9.80. The Morgan fingerprint density at radius 3 is 2.25 bits per heavy atom. The minimum atomic E-state index is -0.513. The lowest BCUT2D eigenvalue weighted by molar-refractivity contribution is 0.00704. The molecular formula is C30H45ClN2O3. The van der Waals surface area contributed by atoms with E-state index in [9.17, 15) is 5.11 Å². The highest BCUT2D eigenvalue weighted by Crippen LogP contribution is 2.35. The van der Waals surface area contributed by atoms with Crippen molar-refractivity contribution >= 4 is 17.3 Å². The molecule has 5 nitrogen and oxygen atoms in total. The first kappa shape index (κ1) is 28.8. The van der Waals surface area contributed by atoms with Crippen LogP contribution >= 0.6 is 11.6 Å². The zero-order valence-corrected chi connectivity index (χ0v) is 24.0. The molecule has 1 aliphatic rings. The predicted molar refractivity (Wildman–Crippen MR) is 151 cm³/mol. The van der Waals surface area contributed by atoms with Crippen LogP contribution in [0.25, 0.3) is 0 Å². The van der Waals surface area contributed by atoms with Crippen LogP contribution in [0.15, 0.2) is 36.4 Å². The molecule has 1 heterocycles. The van der Waals surface area contributed by atoms with E-state index in [1.54, 1.807) is 0 Å². The van der Waals surface area contributed by atoms with E-state index >= 15 is 0 Å². The van der Waals surface area contributed by atoms with E-state index in [2.05, 4.69) is 82.5 Å². The molecule has 1 unspecified atom stereocenters. The molecule has 1 aliphatic heterocycles. The highest BCUT2D eigenvalue weighted by Gasteiger charge is 2.23. The minimum Gasteiger partial charge on any atom is -0.491 e. The van der Waals surface area contributed by atoms with Crippen molar-refractivity contribution in [1.82, 2.24) is 4.90 Å². The predicted octanol–water partition coefficient (Wildman–Crippen LogP) is 5.82. The Labute approximate surface area is 223 Å². The van der Waals surface area contributed by atoms with E-state index in [1.807, 2.05) is 12.1 Å². The van der Waals surface area contributed by atoms with Crippen LogP contribution < -0.4 is 9.64 Å². The molecule has 0 amide bonds.